The van der Waals surface area contributed by atoms with Crippen molar-refractivity contribution < 1.29 is 53.5 Å². The highest BCUT2D eigenvalue weighted by Gasteiger charge is 2.41. The summed E-state index contributed by atoms with van der Waals surface area (Å²) in [6.45, 7) is -1.56. The van der Waals surface area contributed by atoms with Gasteiger partial charge < -0.3 is 5.32 Å². The van der Waals surface area contributed by atoms with Crippen LogP contribution in [0.3, 0.4) is 0 Å². The molecular formula is C23H16BrF10NO2. The Kier molecular flexibility index (Phi) is 9.55. The molecule has 0 aromatic heterocycles. The minimum atomic E-state index is -5.20. The lowest BCUT2D eigenvalue weighted by molar-refractivity contribution is -0.143. The van der Waals surface area contributed by atoms with Crippen LogP contribution in [0.4, 0.5) is 43.9 Å². The van der Waals surface area contributed by atoms with E-state index in [0.717, 1.165) is 6.08 Å². The molecule has 0 aliphatic rings. The van der Waals surface area contributed by atoms with Gasteiger partial charge in [0.25, 0.3) is 0 Å². The van der Waals surface area contributed by atoms with Gasteiger partial charge in [0.05, 0.1) is 11.5 Å². The van der Waals surface area contributed by atoms with E-state index in [-0.39, 0.29) is 21.7 Å². The molecule has 0 aliphatic carbocycles. The van der Waals surface area contributed by atoms with E-state index in [9.17, 15) is 53.5 Å². The van der Waals surface area contributed by atoms with Gasteiger partial charge in [-0.3, -0.25) is 9.59 Å². The topological polar surface area (TPSA) is 46.2 Å². The third kappa shape index (κ3) is 9.17. The van der Waals surface area contributed by atoms with Crippen LogP contribution in [0.5, 0.6) is 0 Å². The molecule has 14 heteroatoms. The number of alkyl halides is 9. The van der Waals surface area contributed by atoms with Crippen LogP contribution in [0.25, 0.3) is 6.08 Å². The summed E-state index contributed by atoms with van der Waals surface area (Å²) in [5.74, 6) is -5.87. The second kappa shape index (κ2) is 11.7. The molecule has 0 bridgehead atoms. The normalized spacial score (nSPS) is 13.6. The smallest absolute Gasteiger partial charge is 0.347 e. The number of halogens is 11. The number of hydrogen-bond donors (Lipinski definition) is 1. The van der Waals surface area contributed by atoms with E-state index in [1.54, 1.807) is 5.32 Å². The Bertz CT molecular complexity index is 1170. The molecule has 2 rings (SSSR count). The Hall–Kier alpha value is -2.90. The highest BCUT2D eigenvalue weighted by atomic mass is 79.9. The largest absolute Gasteiger partial charge is 0.419 e. The van der Waals surface area contributed by atoms with Crippen molar-refractivity contribution >= 4 is 33.7 Å². The van der Waals surface area contributed by atoms with Gasteiger partial charge in [-0.15, -0.1) is 0 Å². The van der Waals surface area contributed by atoms with Crippen LogP contribution in [-0.2, 0) is 11.0 Å². The summed E-state index contributed by atoms with van der Waals surface area (Å²) in [4.78, 5) is 23.7. The third-order valence-electron chi connectivity index (χ3n) is 4.85. The first-order valence-corrected chi connectivity index (χ1v) is 11.0. The molecule has 0 spiro atoms. The van der Waals surface area contributed by atoms with E-state index >= 15 is 0 Å². The van der Waals surface area contributed by atoms with Crippen molar-refractivity contribution in [3.05, 3.63) is 75.0 Å². The van der Waals surface area contributed by atoms with Crippen molar-refractivity contribution in [2.75, 3.05) is 6.54 Å². The summed E-state index contributed by atoms with van der Waals surface area (Å²) in [7, 11) is 0. The van der Waals surface area contributed by atoms with Crippen LogP contribution in [0.1, 0.15) is 45.8 Å². The first kappa shape index (κ1) is 30.3. The summed E-state index contributed by atoms with van der Waals surface area (Å²) in [5, 5.41) is 1.61. The van der Waals surface area contributed by atoms with Gasteiger partial charge >= 0.3 is 18.5 Å². The van der Waals surface area contributed by atoms with E-state index in [1.807, 2.05) is 0 Å². The molecule has 0 aliphatic heterocycles. The van der Waals surface area contributed by atoms with Gasteiger partial charge in [0.15, 0.2) is 5.78 Å². The Morgan fingerprint density at radius 1 is 0.919 bits per heavy atom. The highest BCUT2D eigenvalue weighted by Crippen LogP contribution is 2.40. The first-order valence-electron chi connectivity index (χ1n) is 10.2. The molecule has 1 N–H and O–H groups in total. The van der Waals surface area contributed by atoms with Crippen LogP contribution >= 0.6 is 15.9 Å². The van der Waals surface area contributed by atoms with Crippen molar-refractivity contribution in [1.82, 2.24) is 5.32 Å². The maximum absolute atomic E-state index is 13.6. The summed E-state index contributed by atoms with van der Waals surface area (Å²) in [6, 6.07) is 4.62. The SMILES string of the molecule is O=C(CCC(=O)c1ccc(/C=C/C(c2ccc(F)c(C(F)(F)F)c2)C(F)(F)F)cc1Br)NCC(F)(F)F. The van der Waals surface area contributed by atoms with Crippen LogP contribution in [-0.4, -0.2) is 30.6 Å². The van der Waals surface area contributed by atoms with Crippen molar-refractivity contribution in [3.8, 4) is 0 Å². The van der Waals surface area contributed by atoms with Crippen molar-refractivity contribution in [3.63, 3.8) is 0 Å². The summed E-state index contributed by atoms with van der Waals surface area (Å²) in [6.07, 6.45) is -14.3. The average molecular weight is 608 g/mol. The third-order valence-corrected chi connectivity index (χ3v) is 5.50. The van der Waals surface area contributed by atoms with Crippen LogP contribution in [0.2, 0.25) is 0 Å². The Morgan fingerprint density at radius 2 is 1.57 bits per heavy atom. The van der Waals surface area contributed by atoms with Gasteiger partial charge in [0, 0.05) is 22.9 Å². The number of amides is 1. The van der Waals surface area contributed by atoms with E-state index in [2.05, 4.69) is 15.9 Å². The summed E-state index contributed by atoms with van der Waals surface area (Å²) in [5.41, 5.74) is -2.57. The number of carbonyl (C=O) groups excluding carboxylic acids is 2. The van der Waals surface area contributed by atoms with Crippen LogP contribution in [0, 0.1) is 5.82 Å². The number of Topliss-reactive ketones (excluding diaryl/α,β-unsaturated/α-hetero) is 1. The number of nitrogens with one attached hydrogen (secondary N) is 1. The summed E-state index contributed by atoms with van der Waals surface area (Å²) < 4.78 is 129. The van der Waals surface area contributed by atoms with E-state index < -0.39 is 72.5 Å². The quantitative estimate of drug-likeness (QED) is 0.248. The van der Waals surface area contributed by atoms with E-state index in [0.29, 0.717) is 18.2 Å². The highest BCUT2D eigenvalue weighted by molar-refractivity contribution is 9.10. The maximum atomic E-state index is 13.6. The van der Waals surface area contributed by atoms with E-state index in [1.165, 1.54) is 18.2 Å². The van der Waals surface area contributed by atoms with Gasteiger partial charge in [-0.25, -0.2) is 4.39 Å². The molecule has 0 heterocycles. The number of carbonyl (C=O) groups is 2. The zero-order valence-electron chi connectivity index (χ0n) is 18.3. The van der Waals surface area contributed by atoms with Crippen molar-refractivity contribution in [2.24, 2.45) is 0 Å². The minimum Gasteiger partial charge on any atom is -0.347 e. The van der Waals surface area contributed by atoms with Gasteiger partial charge in [-0.2, -0.15) is 39.5 Å². The Balaban J connectivity index is 2.19. The number of rotatable bonds is 8. The second-order valence-electron chi connectivity index (χ2n) is 7.67. The zero-order valence-corrected chi connectivity index (χ0v) is 19.9. The molecule has 1 atom stereocenters. The monoisotopic (exact) mass is 607 g/mol. The molecule has 0 fully saturated rings. The van der Waals surface area contributed by atoms with Crippen molar-refractivity contribution in [2.45, 2.75) is 37.3 Å². The molecule has 2 aromatic carbocycles. The molecule has 37 heavy (non-hydrogen) atoms. The maximum Gasteiger partial charge on any atom is 0.419 e. The van der Waals surface area contributed by atoms with Gasteiger partial charge in [0.1, 0.15) is 12.4 Å². The number of hydrogen-bond acceptors (Lipinski definition) is 2. The number of ketones is 1. The van der Waals surface area contributed by atoms with Gasteiger partial charge in [-0.05, 0) is 35.4 Å². The predicted molar refractivity (Wildman–Crippen MR) is 116 cm³/mol. The van der Waals surface area contributed by atoms with Gasteiger partial charge in [0.2, 0.25) is 5.91 Å². The second-order valence-corrected chi connectivity index (χ2v) is 8.52. The van der Waals surface area contributed by atoms with Crippen LogP contribution in [0.15, 0.2) is 46.9 Å². The molecular weight excluding hydrogens is 592 g/mol. The lowest BCUT2D eigenvalue weighted by Crippen LogP contribution is -2.33. The zero-order chi connectivity index (χ0) is 28.2. The molecule has 202 valence electrons. The Morgan fingerprint density at radius 3 is 2.11 bits per heavy atom. The molecule has 0 radical (unpaired) electrons. The van der Waals surface area contributed by atoms with Gasteiger partial charge in [-0.1, -0.05) is 40.2 Å². The lowest BCUT2D eigenvalue weighted by Gasteiger charge is -2.19. The minimum absolute atomic E-state index is 0.00139. The van der Waals surface area contributed by atoms with E-state index in [4.69, 9.17) is 0 Å². The predicted octanol–water partition coefficient (Wildman–Crippen LogP) is 7.61. The standard InChI is InChI=1S/C23H16BrF10NO2/c24-17-9-12(1-4-14(17)19(36)7-8-20(37)35-11-21(26,27)28)2-5-15(22(29,30)31)13-3-6-18(25)16(10-13)23(32,33)34/h1-6,9-10,15H,7-8,11H2,(H,35,37)/b5-2+. The van der Waals surface area contributed by atoms with Crippen molar-refractivity contribution in [1.29, 1.82) is 0 Å². The molecule has 1 amide bonds. The Labute approximate surface area is 211 Å². The number of allylic oxidation sites excluding steroid dienone is 1. The fourth-order valence-corrected chi connectivity index (χ4v) is 3.70. The molecule has 0 saturated heterocycles. The van der Waals surface area contributed by atoms with Crippen LogP contribution < -0.4 is 5.32 Å². The number of benzene rings is 2. The molecule has 2 aromatic rings. The fourth-order valence-electron chi connectivity index (χ4n) is 3.08. The molecule has 1 unspecified atom stereocenters. The fraction of sp³-hybridized carbons (Fsp3) is 0.304. The summed E-state index contributed by atoms with van der Waals surface area (Å²) >= 11 is 3.05. The molecule has 3 nitrogen and oxygen atoms in total. The molecule has 0 saturated carbocycles. The first-order chi connectivity index (χ1) is 16.9. The average Bonchev–Trinajstić information content (AvgIpc) is 2.75. The lowest BCUT2D eigenvalue weighted by atomic mass is 9.94.